The molecule has 0 aliphatic heterocycles. The Morgan fingerprint density at radius 3 is 2.86 bits per heavy atom. The van der Waals surface area contributed by atoms with E-state index in [0.29, 0.717) is 20.6 Å². The highest BCUT2D eigenvalue weighted by atomic mass is 79.9. The fourth-order valence-electron chi connectivity index (χ4n) is 3.19. The first kappa shape index (κ1) is 21.1. The number of amides is 1. The molecule has 150 valence electrons. The van der Waals surface area contributed by atoms with E-state index in [1.165, 1.54) is 23.5 Å². The van der Waals surface area contributed by atoms with Gasteiger partial charge in [0.25, 0.3) is 5.91 Å². The number of rotatable bonds is 5. The Labute approximate surface area is 180 Å². The van der Waals surface area contributed by atoms with E-state index in [0.717, 1.165) is 36.1 Å². The van der Waals surface area contributed by atoms with Gasteiger partial charge in [-0.3, -0.25) is 4.79 Å². The topological polar surface area (TPSA) is 99.4 Å². The molecule has 0 saturated carbocycles. The maximum Gasteiger partial charge on any atom is 0.341 e. The predicted octanol–water partition coefficient (Wildman–Crippen LogP) is 4.82. The molecule has 29 heavy (non-hydrogen) atoms. The lowest BCUT2D eigenvalue weighted by atomic mass is 9.95. The van der Waals surface area contributed by atoms with Gasteiger partial charge in [-0.2, -0.15) is 5.26 Å². The molecule has 3 rings (SSSR count). The number of hydrogen-bond donors (Lipinski definition) is 2. The molecule has 1 aromatic heterocycles. The van der Waals surface area contributed by atoms with Gasteiger partial charge in [0.2, 0.25) is 0 Å². The van der Waals surface area contributed by atoms with Crippen molar-refractivity contribution in [3.8, 4) is 11.8 Å². The van der Waals surface area contributed by atoms with Crippen molar-refractivity contribution in [1.82, 2.24) is 0 Å². The van der Waals surface area contributed by atoms with Crippen LogP contribution >= 0.6 is 27.3 Å². The molecule has 1 aliphatic carbocycles. The Morgan fingerprint density at radius 1 is 1.38 bits per heavy atom. The van der Waals surface area contributed by atoms with E-state index >= 15 is 0 Å². The summed E-state index contributed by atoms with van der Waals surface area (Å²) in [4.78, 5) is 26.3. The van der Waals surface area contributed by atoms with Crippen LogP contribution in [-0.2, 0) is 22.4 Å². The first-order valence-corrected chi connectivity index (χ1v) is 10.8. The van der Waals surface area contributed by atoms with Crippen molar-refractivity contribution in [2.24, 2.45) is 0 Å². The minimum Gasteiger partial charge on any atom is -0.507 e. The van der Waals surface area contributed by atoms with Gasteiger partial charge in [-0.15, -0.1) is 11.3 Å². The van der Waals surface area contributed by atoms with Crippen molar-refractivity contribution < 1.29 is 19.4 Å². The third-order valence-corrected chi connectivity index (χ3v) is 6.23. The molecule has 0 saturated heterocycles. The lowest BCUT2D eigenvalue weighted by Gasteiger charge is -2.12. The summed E-state index contributed by atoms with van der Waals surface area (Å²) in [5, 5.41) is 22.5. The standard InChI is InChI=1S/C21H19BrN2O4S/c1-2-28-21(27)18-15-5-3-4-6-17(15)29-20(18)24-19(26)13(11-23)9-12-10-14(22)7-8-16(12)25/h7-10,25H,2-6H2,1H3,(H,24,26)/b13-9-. The predicted molar refractivity (Wildman–Crippen MR) is 115 cm³/mol. The third kappa shape index (κ3) is 4.69. The van der Waals surface area contributed by atoms with Crippen molar-refractivity contribution in [3.05, 3.63) is 49.8 Å². The first-order chi connectivity index (χ1) is 13.9. The molecule has 1 heterocycles. The summed E-state index contributed by atoms with van der Waals surface area (Å²) >= 11 is 4.66. The molecule has 0 fully saturated rings. The second-order valence-electron chi connectivity index (χ2n) is 6.46. The van der Waals surface area contributed by atoms with Crippen molar-refractivity contribution in [2.75, 3.05) is 11.9 Å². The number of hydrogen-bond acceptors (Lipinski definition) is 6. The monoisotopic (exact) mass is 474 g/mol. The number of phenols is 1. The molecule has 0 bridgehead atoms. The fraction of sp³-hybridized carbons (Fsp3) is 0.286. The molecular weight excluding hydrogens is 456 g/mol. The number of anilines is 1. The maximum atomic E-state index is 12.7. The number of fused-ring (bicyclic) bond motifs is 1. The van der Waals surface area contributed by atoms with Crippen LogP contribution in [0.4, 0.5) is 5.00 Å². The number of halogens is 1. The number of nitrogens with zero attached hydrogens (tertiary/aromatic N) is 1. The second-order valence-corrected chi connectivity index (χ2v) is 8.48. The van der Waals surface area contributed by atoms with Gasteiger partial charge in [0, 0.05) is 14.9 Å². The van der Waals surface area contributed by atoms with Crippen LogP contribution in [0.1, 0.15) is 46.1 Å². The van der Waals surface area contributed by atoms with Crippen molar-refractivity contribution >= 4 is 50.2 Å². The second kappa shape index (κ2) is 9.25. The molecular formula is C21H19BrN2O4S. The first-order valence-electron chi connectivity index (χ1n) is 9.18. The maximum absolute atomic E-state index is 12.7. The summed E-state index contributed by atoms with van der Waals surface area (Å²) in [5.41, 5.74) is 1.48. The molecule has 1 aromatic carbocycles. The van der Waals surface area contributed by atoms with Crippen molar-refractivity contribution in [3.63, 3.8) is 0 Å². The number of nitriles is 1. The Balaban J connectivity index is 1.94. The van der Waals surface area contributed by atoms with Crippen molar-refractivity contribution in [1.29, 1.82) is 5.26 Å². The fourth-order valence-corrected chi connectivity index (χ4v) is 4.84. The Hall–Kier alpha value is -2.63. The van der Waals surface area contributed by atoms with Crippen molar-refractivity contribution in [2.45, 2.75) is 32.6 Å². The van der Waals surface area contributed by atoms with Crippen LogP contribution < -0.4 is 5.32 Å². The number of aryl methyl sites for hydroxylation is 1. The van der Waals surface area contributed by atoms with Crippen LogP contribution in [0.25, 0.3) is 6.08 Å². The zero-order chi connectivity index (χ0) is 21.0. The molecule has 0 atom stereocenters. The van der Waals surface area contributed by atoms with Gasteiger partial charge in [0.1, 0.15) is 22.4 Å². The number of aromatic hydroxyl groups is 1. The smallest absolute Gasteiger partial charge is 0.341 e. The number of carbonyl (C=O) groups excluding carboxylic acids is 2. The van der Waals surface area contributed by atoms with E-state index < -0.39 is 11.9 Å². The highest BCUT2D eigenvalue weighted by Gasteiger charge is 2.27. The largest absolute Gasteiger partial charge is 0.507 e. The highest BCUT2D eigenvalue weighted by Crippen LogP contribution is 2.39. The summed E-state index contributed by atoms with van der Waals surface area (Å²) < 4.78 is 5.89. The lowest BCUT2D eigenvalue weighted by Crippen LogP contribution is -2.16. The molecule has 2 aromatic rings. The SMILES string of the molecule is CCOC(=O)c1c(NC(=O)/C(C#N)=C\c2cc(Br)ccc2O)sc2c1CCCC2. The molecule has 1 amide bonds. The summed E-state index contributed by atoms with van der Waals surface area (Å²) in [6, 6.07) is 6.59. The van der Waals surface area contributed by atoms with Gasteiger partial charge in [0.05, 0.1) is 12.2 Å². The normalized spacial score (nSPS) is 13.3. The molecule has 0 unspecified atom stereocenters. The minimum absolute atomic E-state index is 0.0486. The molecule has 1 aliphatic rings. The zero-order valence-corrected chi connectivity index (χ0v) is 18.2. The average molecular weight is 475 g/mol. The minimum atomic E-state index is -0.643. The number of carbonyl (C=O) groups is 2. The number of thiophene rings is 1. The van der Waals surface area contributed by atoms with Gasteiger partial charge in [0.15, 0.2) is 0 Å². The van der Waals surface area contributed by atoms with Gasteiger partial charge >= 0.3 is 5.97 Å². The average Bonchev–Trinajstić information content (AvgIpc) is 3.06. The number of esters is 1. The van der Waals surface area contributed by atoms with Crippen LogP contribution in [0.15, 0.2) is 28.2 Å². The summed E-state index contributed by atoms with van der Waals surface area (Å²) in [6.07, 6.45) is 4.95. The molecule has 0 spiro atoms. The summed E-state index contributed by atoms with van der Waals surface area (Å²) in [6.45, 7) is 1.97. The van der Waals surface area contributed by atoms with Crippen LogP contribution in [0.3, 0.4) is 0 Å². The number of nitrogens with one attached hydrogen (secondary N) is 1. The Bertz CT molecular complexity index is 1040. The molecule has 6 nitrogen and oxygen atoms in total. The zero-order valence-electron chi connectivity index (χ0n) is 15.8. The van der Waals surface area contributed by atoms with Gasteiger partial charge in [-0.25, -0.2) is 4.79 Å². The van der Waals surface area contributed by atoms with Crippen LogP contribution in [-0.4, -0.2) is 23.6 Å². The van der Waals surface area contributed by atoms with Gasteiger partial charge in [-0.05, 0) is 62.4 Å². The van der Waals surface area contributed by atoms with Gasteiger partial charge in [-0.1, -0.05) is 15.9 Å². The molecule has 0 radical (unpaired) electrons. The quantitative estimate of drug-likeness (QED) is 0.367. The third-order valence-electron chi connectivity index (χ3n) is 4.53. The summed E-state index contributed by atoms with van der Waals surface area (Å²) in [5.74, 6) is -1.15. The Kier molecular flexibility index (Phi) is 6.72. The number of phenolic OH excluding ortho intramolecular Hbond substituents is 1. The lowest BCUT2D eigenvalue weighted by molar-refractivity contribution is -0.112. The van der Waals surface area contributed by atoms with Crippen LogP contribution in [0.5, 0.6) is 5.75 Å². The van der Waals surface area contributed by atoms with Gasteiger partial charge < -0.3 is 15.2 Å². The number of benzene rings is 1. The molecule has 8 heteroatoms. The van der Waals surface area contributed by atoms with E-state index in [4.69, 9.17) is 4.74 Å². The van der Waals surface area contributed by atoms with E-state index in [9.17, 15) is 20.0 Å². The Morgan fingerprint density at radius 2 is 2.14 bits per heavy atom. The highest BCUT2D eigenvalue weighted by molar-refractivity contribution is 9.10. The molecule has 2 N–H and O–H groups in total. The van der Waals surface area contributed by atoms with E-state index in [-0.39, 0.29) is 17.9 Å². The van der Waals surface area contributed by atoms with E-state index in [2.05, 4.69) is 21.2 Å². The summed E-state index contributed by atoms with van der Waals surface area (Å²) in [7, 11) is 0. The number of ether oxygens (including phenoxy) is 1. The van der Waals surface area contributed by atoms with Crippen LogP contribution in [0, 0.1) is 11.3 Å². The van der Waals surface area contributed by atoms with Crippen LogP contribution in [0.2, 0.25) is 0 Å². The van der Waals surface area contributed by atoms with E-state index in [1.807, 2.05) is 6.07 Å². The van der Waals surface area contributed by atoms with E-state index in [1.54, 1.807) is 19.1 Å².